The quantitative estimate of drug-likeness (QED) is 0.625. The summed E-state index contributed by atoms with van der Waals surface area (Å²) in [6, 6.07) is 0. The van der Waals surface area contributed by atoms with Crippen molar-refractivity contribution in [2.24, 2.45) is 17.3 Å². The van der Waals surface area contributed by atoms with E-state index in [0.717, 1.165) is 12.8 Å². The maximum absolute atomic E-state index is 11.8. The van der Waals surface area contributed by atoms with Gasteiger partial charge >= 0.3 is 0 Å². The molecule has 2 nitrogen and oxygen atoms in total. The van der Waals surface area contributed by atoms with Crippen LogP contribution in [0.5, 0.6) is 0 Å². The number of carbonyl (C=O) groups is 2. The van der Waals surface area contributed by atoms with Crippen LogP contribution >= 0.6 is 0 Å². The lowest BCUT2D eigenvalue weighted by Gasteiger charge is -2.17. The van der Waals surface area contributed by atoms with Crippen LogP contribution in [-0.4, -0.2) is 11.6 Å². The summed E-state index contributed by atoms with van der Waals surface area (Å²) in [5.41, 5.74) is -0.567. The molecule has 0 spiro atoms. The van der Waals surface area contributed by atoms with E-state index in [4.69, 9.17) is 0 Å². The van der Waals surface area contributed by atoms with E-state index in [0.29, 0.717) is 0 Å². The molecule has 0 unspecified atom stereocenters. The highest BCUT2D eigenvalue weighted by Gasteiger charge is 2.56. The van der Waals surface area contributed by atoms with Crippen LogP contribution < -0.4 is 0 Å². The largest absolute Gasteiger partial charge is 0.298 e. The highest BCUT2D eigenvalue weighted by Crippen LogP contribution is 2.50. The molecule has 0 aliphatic heterocycles. The maximum atomic E-state index is 11.8. The fourth-order valence-corrected chi connectivity index (χ4v) is 1.84. The Labute approximate surface area is 79.7 Å². The minimum Gasteiger partial charge on any atom is -0.298 e. The van der Waals surface area contributed by atoms with Crippen molar-refractivity contribution in [2.45, 2.75) is 40.5 Å². The molecule has 1 fully saturated rings. The van der Waals surface area contributed by atoms with Gasteiger partial charge in [-0.1, -0.05) is 27.7 Å². The summed E-state index contributed by atoms with van der Waals surface area (Å²) in [5, 5.41) is 0. The zero-order valence-electron chi connectivity index (χ0n) is 8.89. The number of Topliss-reactive ketones (excluding diaryl/α,β-unsaturated/α-hetero) is 2. The zero-order chi connectivity index (χ0) is 10.2. The molecule has 0 atom stereocenters. The summed E-state index contributed by atoms with van der Waals surface area (Å²) in [7, 11) is 0. The van der Waals surface area contributed by atoms with Crippen molar-refractivity contribution < 1.29 is 9.59 Å². The molecule has 0 bridgehead atoms. The molecule has 1 rings (SSSR count). The Kier molecular flexibility index (Phi) is 2.60. The second kappa shape index (κ2) is 3.24. The minimum absolute atomic E-state index is 0.00907. The lowest BCUT2D eigenvalue weighted by Crippen LogP contribution is -2.32. The van der Waals surface area contributed by atoms with E-state index in [-0.39, 0.29) is 23.4 Å². The Morgan fingerprint density at radius 1 is 0.923 bits per heavy atom. The topological polar surface area (TPSA) is 34.1 Å². The van der Waals surface area contributed by atoms with Gasteiger partial charge in [0.15, 0.2) is 0 Å². The molecule has 0 radical (unpaired) electrons. The van der Waals surface area contributed by atoms with Gasteiger partial charge in [-0.05, 0) is 12.8 Å². The fourth-order valence-electron chi connectivity index (χ4n) is 1.84. The van der Waals surface area contributed by atoms with Gasteiger partial charge < -0.3 is 0 Å². The number of carbonyl (C=O) groups excluding carboxylic acids is 2. The Bertz CT molecular complexity index is 212. The van der Waals surface area contributed by atoms with Crippen molar-refractivity contribution in [1.29, 1.82) is 0 Å². The summed E-state index contributed by atoms with van der Waals surface area (Å²) in [6.07, 6.45) is 1.56. The molecule has 1 aliphatic carbocycles. The summed E-state index contributed by atoms with van der Waals surface area (Å²) in [4.78, 5) is 23.5. The van der Waals surface area contributed by atoms with E-state index in [1.165, 1.54) is 0 Å². The average molecular weight is 182 g/mol. The molecule has 13 heavy (non-hydrogen) atoms. The van der Waals surface area contributed by atoms with Crippen molar-refractivity contribution in [3.8, 4) is 0 Å². The van der Waals surface area contributed by atoms with Gasteiger partial charge in [-0.2, -0.15) is 0 Å². The summed E-state index contributed by atoms with van der Waals surface area (Å²) in [5.74, 6) is 0.271. The minimum atomic E-state index is -0.567. The Balaban J connectivity index is 2.78. The first kappa shape index (κ1) is 10.4. The van der Waals surface area contributed by atoms with Crippen LogP contribution in [0.2, 0.25) is 0 Å². The molecule has 0 aromatic rings. The van der Waals surface area contributed by atoms with Crippen molar-refractivity contribution in [3.63, 3.8) is 0 Å². The smallest absolute Gasteiger partial charge is 0.148 e. The van der Waals surface area contributed by atoms with E-state index in [2.05, 4.69) is 0 Å². The zero-order valence-corrected chi connectivity index (χ0v) is 8.89. The predicted molar refractivity (Wildman–Crippen MR) is 51.4 cm³/mol. The predicted octanol–water partition coefficient (Wildman–Crippen LogP) is 2.22. The van der Waals surface area contributed by atoms with Gasteiger partial charge in [-0.15, -0.1) is 0 Å². The van der Waals surface area contributed by atoms with Gasteiger partial charge in [0, 0.05) is 11.8 Å². The molecule has 2 heteroatoms. The molecule has 1 aliphatic rings. The first-order valence-corrected chi connectivity index (χ1v) is 5.00. The van der Waals surface area contributed by atoms with Crippen molar-refractivity contribution in [1.82, 2.24) is 0 Å². The van der Waals surface area contributed by atoms with E-state index < -0.39 is 5.41 Å². The van der Waals surface area contributed by atoms with Gasteiger partial charge in [-0.3, -0.25) is 9.59 Å². The monoisotopic (exact) mass is 182 g/mol. The highest BCUT2D eigenvalue weighted by atomic mass is 16.2. The van der Waals surface area contributed by atoms with Crippen LogP contribution in [0.25, 0.3) is 0 Å². The third-order valence-corrected chi connectivity index (χ3v) is 2.74. The molecule has 0 saturated heterocycles. The molecule has 0 N–H and O–H groups in total. The van der Waals surface area contributed by atoms with Crippen LogP contribution in [0.4, 0.5) is 0 Å². The van der Waals surface area contributed by atoms with Gasteiger partial charge in [0.2, 0.25) is 0 Å². The molecule has 0 aromatic carbocycles. The molecule has 74 valence electrons. The Morgan fingerprint density at radius 2 is 1.23 bits per heavy atom. The average Bonchev–Trinajstić information content (AvgIpc) is 2.81. The number of rotatable bonds is 4. The number of hydrogen-bond acceptors (Lipinski definition) is 2. The molecule has 0 aromatic heterocycles. The molecule has 1 saturated carbocycles. The van der Waals surface area contributed by atoms with Crippen LogP contribution in [0.15, 0.2) is 0 Å². The lowest BCUT2D eigenvalue weighted by molar-refractivity contribution is -0.138. The van der Waals surface area contributed by atoms with E-state index in [1.54, 1.807) is 0 Å². The van der Waals surface area contributed by atoms with Gasteiger partial charge in [0.25, 0.3) is 0 Å². The van der Waals surface area contributed by atoms with E-state index in [9.17, 15) is 9.59 Å². The molecule has 0 heterocycles. The first-order valence-electron chi connectivity index (χ1n) is 5.00. The van der Waals surface area contributed by atoms with Crippen molar-refractivity contribution in [2.75, 3.05) is 0 Å². The normalized spacial score (nSPS) is 19.2. The third-order valence-electron chi connectivity index (χ3n) is 2.74. The number of hydrogen-bond donors (Lipinski definition) is 0. The van der Waals surface area contributed by atoms with Gasteiger partial charge in [0.05, 0.1) is 5.41 Å². The summed E-state index contributed by atoms with van der Waals surface area (Å²) in [6.45, 7) is 7.48. The van der Waals surface area contributed by atoms with Crippen molar-refractivity contribution >= 4 is 11.6 Å². The Morgan fingerprint density at radius 3 is 1.38 bits per heavy atom. The molecular formula is C11H18O2. The van der Waals surface area contributed by atoms with Crippen LogP contribution in [0, 0.1) is 17.3 Å². The summed E-state index contributed by atoms with van der Waals surface area (Å²) < 4.78 is 0. The van der Waals surface area contributed by atoms with E-state index in [1.807, 2.05) is 27.7 Å². The standard InChI is InChI=1S/C11H18O2/c1-7(2)9(12)11(5-6-11)10(13)8(3)4/h7-8H,5-6H2,1-4H3. The second-order valence-electron chi connectivity index (χ2n) is 4.62. The maximum Gasteiger partial charge on any atom is 0.148 e. The van der Waals surface area contributed by atoms with Crippen molar-refractivity contribution in [3.05, 3.63) is 0 Å². The third kappa shape index (κ3) is 1.67. The van der Waals surface area contributed by atoms with Gasteiger partial charge in [0.1, 0.15) is 11.6 Å². The van der Waals surface area contributed by atoms with Gasteiger partial charge in [-0.25, -0.2) is 0 Å². The first-order chi connectivity index (χ1) is 5.92. The van der Waals surface area contributed by atoms with E-state index >= 15 is 0 Å². The van der Waals surface area contributed by atoms with Crippen LogP contribution in [0.1, 0.15) is 40.5 Å². The van der Waals surface area contributed by atoms with Crippen LogP contribution in [0.3, 0.4) is 0 Å². The fraction of sp³-hybridized carbons (Fsp3) is 0.818. The highest BCUT2D eigenvalue weighted by molar-refractivity contribution is 6.10. The Hall–Kier alpha value is -0.660. The number of ketones is 2. The summed E-state index contributed by atoms with van der Waals surface area (Å²) >= 11 is 0. The molecular weight excluding hydrogens is 164 g/mol. The van der Waals surface area contributed by atoms with Crippen LogP contribution in [-0.2, 0) is 9.59 Å². The lowest BCUT2D eigenvalue weighted by atomic mass is 9.84. The molecule has 0 amide bonds. The second-order valence-corrected chi connectivity index (χ2v) is 4.62. The SMILES string of the molecule is CC(C)C(=O)C1(C(=O)C(C)C)CC1.